The third-order valence-corrected chi connectivity index (χ3v) is 2.21. The number of benzene rings is 1. The van der Waals surface area contributed by atoms with Gasteiger partial charge in [-0.1, -0.05) is 18.5 Å². The van der Waals surface area contributed by atoms with Gasteiger partial charge in [0.25, 0.3) is 0 Å². The third-order valence-electron chi connectivity index (χ3n) is 1.91. The molecule has 1 atom stereocenters. The average Bonchev–Trinajstić information content (AvgIpc) is 2.10. The van der Waals surface area contributed by atoms with E-state index in [4.69, 9.17) is 22.4 Å². The smallest absolute Gasteiger partial charge is 0.137 e. The Hall–Kier alpha value is -0.800. The van der Waals surface area contributed by atoms with Crippen LogP contribution in [0, 0.1) is 5.82 Å². The summed E-state index contributed by atoms with van der Waals surface area (Å²) in [5.41, 5.74) is 5.97. The van der Waals surface area contributed by atoms with Crippen LogP contribution in [0.5, 0.6) is 5.75 Å². The van der Waals surface area contributed by atoms with Crippen molar-refractivity contribution in [1.29, 1.82) is 0 Å². The van der Waals surface area contributed by atoms with Crippen LogP contribution in [0.1, 0.15) is 24.9 Å². The maximum absolute atomic E-state index is 13.2. The Morgan fingerprint density at radius 2 is 2.23 bits per heavy atom. The molecule has 0 bridgehead atoms. The summed E-state index contributed by atoms with van der Waals surface area (Å²) in [5.74, 6) is -0.775. The summed E-state index contributed by atoms with van der Waals surface area (Å²) in [6, 6.07) is 1.96. The topological polar surface area (TPSA) is 46.2 Å². The first kappa shape index (κ1) is 10.3. The normalized spacial score (nSPS) is 12.9. The highest BCUT2D eigenvalue weighted by Crippen LogP contribution is 2.29. The SMILES string of the molecule is CCC(N)c1cc(Cl)c(O)cc1F. The number of aromatic hydroxyl groups is 1. The first-order valence-corrected chi connectivity index (χ1v) is 4.37. The molecule has 0 radical (unpaired) electrons. The lowest BCUT2D eigenvalue weighted by Gasteiger charge is -2.11. The Balaban J connectivity index is 3.15. The van der Waals surface area contributed by atoms with Gasteiger partial charge in [-0.15, -0.1) is 0 Å². The van der Waals surface area contributed by atoms with Gasteiger partial charge in [0, 0.05) is 17.7 Å². The van der Waals surface area contributed by atoms with Crippen molar-refractivity contribution in [2.75, 3.05) is 0 Å². The van der Waals surface area contributed by atoms with Crippen LogP contribution < -0.4 is 5.73 Å². The molecule has 1 aromatic rings. The average molecular weight is 204 g/mol. The fourth-order valence-corrected chi connectivity index (χ4v) is 1.23. The molecule has 1 unspecified atom stereocenters. The van der Waals surface area contributed by atoms with Gasteiger partial charge in [0.1, 0.15) is 11.6 Å². The van der Waals surface area contributed by atoms with Gasteiger partial charge in [-0.3, -0.25) is 0 Å². The van der Waals surface area contributed by atoms with Crippen molar-refractivity contribution in [2.45, 2.75) is 19.4 Å². The van der Waals surface area contributed by atoms with E-state index in [0.29, 0.717) is 12.0 Å². The zero-order chi connectivity index (χ0) is 10.0. The Bertz CT molecular complexity index is 317. The summed E-state index contributed by atoms with van der Waals surface area (Å²) in [6.07, 6.45) is 0.623. The summed E-state index contributed by atoms with van der Waals surface area (Å²) in [6.45, 7) is 1.85. The van der Waals surface area contributed by atoms with E-state index in [0.717, 1.165) is 6.07 Å². The number of hydrogen-bond acceptors (Lipinski definition) is 2. The molecule has 0 spiro atoms. The van der Waals surface area contributed by atoms with E-state index < -0.39 is 5.82 Å². The highest BCUT2D eigenvalue weighted by Gasteiger charge is 2.12. The van der Waals surface area contributed by atoms with E-state index in [1.807, 2.05) is 6.92 Å². The van der Waals surface area contributed by atoms with Crippen LogP contribution >= 0.6 is 11.6 Å². The summed E-state index contributed by atoms with van der Waals surface area (Å²) < 4.78 is 13.2. The molecule has 0 amide bonds. The minimum Gasteiger partial charge on any atom is -0.506 e. The number of phenols is 1. The quantitative estimate of drug-likeness (QED) is 0.776. The summed E-state index contributed by atoms with van der Waals surface area (Å²) in [5, 5.41) is 9.19. The van der Waals surface area contributed by atoms with Crippen molar-refractivity contribution >= 4 is 11.6 Å². The standard InChI is InChI=1S/C9H11ClFNO/c1-2-8(12)5-3-6(10)9(13)4-7(5)11/h3-4,8,13H,2,12H2,1H3. The van der Waals surface area contributed by atoms with Gasteiger partial charge in [-0.25, -0.2) is 4.39 Å². The van der Waals surface area contributed by atoms with Crippen LogP contribution in [0.3, 0.4) is 0 Å². The second-order valence-corrected chi connectivity index (χ2v) is 3.25. The van der Waals surface area contributed by atoms with Crippen molar-refractivity contribution in [1.82, 2.24) is 0 Å². The first-order valence-electron chi connectivity index (χ1n) is 3.99. The Kier molecular flexibility index (Phi) is 3.12. The Morgan fingerprint density at radius 3 is 2.77 bits per heavy atom. The molecule has 72 valence electrons. The number of rotatable bonds is 2. The van der Waals surface area contributed by atoms with Crippen LogP contribution in [0.25, 0.3) is 0 Å². The van der Waals surface area contributed by atoms with Crippen LogP contribution in [0.2, 0.25) is 5.02 Å². The fraction of sp³-hybridized carbons (Fsp3) is 0.333. The monoisotopic (exact) mass is 203 g/mol. The zero-order valence-corrected chi connectivity index (χ0v) is 7.98. The van der Waals surface area contributed by atoms with Crippen LogP contribution in [-0.4, -0.2) is 5.11 Å². The van der Waals surface area contributed by atoms with Crippen LogP contribution in [-0.2, 0) is 0 Å². The van der Waals surface area contributed by atoms with Gasteiger partial charge >= 0.3 is 0 Å². The lowest BCUT2D eigenvalue weighted by molar-refractivity contribution is 0.466. The summed E-state index contributed by atoms with van der Waals surface area (Å²) in [7, 11) is 0. The molecule has 3 N–H and O–H groups in total. The largest absolute Gasteiger partial charge is 0.506 e. The van der Waals surface area contributed by atoms with Gasteiger partial charge in [0.15, 0.2) is 0 Å². The molecular formula is C9H11ClFNO. The predicted octanol–water partition coefficient (Wildman–Crippen LogP) is 2.59. The van der Waals surface area contributed by atoms with Crippen LogP contribution in [0.4, 0.5) is 4.39 Å². The Morgan fingerprint density at radius 1 is 1.62 bits per heavy atom. The van der Waals surface area contributed by atoms with E-state index in [9.17, 15) is 4.39 Å². The highest BCUT2D eigenvalue weighted by molar-refractivity contribution is 6.32. The maximum atomic E-state index is 13.2. The molecule has 13 heavy (non-hydrogen) atoms. The third kappa shape index (κ3) is 2.11. The lowest BCUT2D eigenvalue weighted by Crippen LogP contribution is -2.10. The minimum absolute atomic E-state index is 0.125. The molecule has 2 nitrogen and oxygen atoms in total. The molecule has 1 rings (SSSR count). The highest BCUT2D eigenvalue weighted by atomic mass is 35.5. The van der Waals surface area contributed by atoms with Gasteiger partial charge in [-0.05, 0) is 12.5 Å². The van der Waals surface area contributed by atoms with Crippen molar-refractivity contribution in [3.63, 3.8) is 0 Å². The molecular weight excluding hydrogens is 193 g/mol. The zero-order valence-electron chi connectivity index (χ0n) is 7.22. The molecule has 0 saturated carbocycles. The Labute approximate surface area is 81.1 Å². The van der Waals surface area contributed by atoms with Crippen molar-refractivity contribution in [3.05, 3.63) is 28.5 Å². The van der Waals surface area contributed by atoms with E-state index in [1.54, 1.807) is 0 Å². The first-order chi connectivity index (χ1) is 6.06. The van der Waals surface area contributed by atoms with E-state index in [2.05, 4.69) is 0 Å². The molecule has 4 heteroatoms. The molecule has 0 aromatic heterocycles. The second kappa shape index (κ2) is 3.94. The summed E-state index contributed by atoms with van der Waals surface area (Å²) in [4.78, 5) is 0. The predicted molar refractivity (Wildman–Crippen MR) is 50.3 cm³/mol. The van der Waals surface area contributed by atoms with Crippen molar-refractivity contribution in [3.8, 4) is 5.75 Å². The number of halogens is 2. The fourth-order valence-electron chi connectivity index (χ4n) is 1.06. The molecule has 0 aliphatic carbocycles. The van der Waals surface area contributed by atoms with Gasteiger partial charge in [0.2, 0.25) is 0 Å². The van der Waals surface area contributed by atoms with Gasteiger partial charge < -0.3 is 10.8 Å². The van der Waals surface area contributed by atoms with E-state index in [-0.39, 0.29) is 16.8 Å². The molecule has 0 fully saturated rings. The van der Waals surface area contributed by atoms with Crippen molar-refractivity contribution in [2.24, 2.45) is 5.73 Å². The van der Waals surface area contributed by atoms with Crippen molar-refractivity contribution < 1.29 is 9.50 Å². The molecule has 0 aliphatic rings. The summed E-state index contributed by atoms with van der Waals surface area (Å²) >= 11 is 5.61. The van der Waals surface area contributed by atoms with E-state index in [1.165, 1.54) is 6.07 Å². The van der Waals surface area contributed by atoms with Gasteiger partial charge in [-0.2, -0.15) is 0 Å². The number of phenolic OH excluding ortho intramolecular Hbond substituents is 1. The van der Waals surface area contributed by atoms with Gasteiger partial charge in [0.05, 0.1) is 5.02 Å². The maximum Gasteiger partial charge on any atom is 0.137 e. The second-order valence-electron chi connectivity index (χ2n) is 2.84. The molecule has 1 aromatic carbocycles. The lowest BCUT2D eigenvalue weighted by atomic mass is 10.0. The minimum atomic E-state index is -0.517. The molecule has 0 heterocycles. The van der Waals surface area contributed by atoms with E-state index >= 15 is 0 Å². The molecule has 0 saturated heterocycles. The number of nitrogens with two attached hydrogens (primary N) is 1. The van der Waals surface area contributed by atoms with Crippen LogP contribution in [0.15, 0.2) is 12.1 Å². The molecule has 0 aliphatic heterocycles. The number of hydrogen-bond donors (Lipinski definition) is 2.